The fourth-order valence-electron chi connectivity index (χ4n) is 3.28. The lowest BCUT2D eigenvalue weighted by Crippen LogP contribution is -2.21. The van der Waals surface area contributed by atoms with Gasteiger partial charge in [-0.25, -0.2) is 9.78 Å². The molecule has 1 amide bonds. The fourth-order valence-corrected chi connectivity index (χ4v) is 3.28. The molecule has 168 valence electrons. The Labute approximate surface area is 195 Å². The quantitative estimate of drug-likeness (QED) is 0.316. The minimum atomic E-state index is -0.542. The first kappa shape index (κ1) is 22.3. The number of benzene rings is 3. The fraction of sp³-hybridized carbons (Fsp3) is 0.0769. The average Bonchev–Trinajstić information content (AvgIpc) is 3.30. The van der Waals surface area contributed by atoms with Crippen LogP contribution in [0.3, 0.4) is 0 Å². The number of hydrogen-bond donors (Lipinski definition) is 2. The molecule has 8 heteroatoms. The van der Waals surface area contributed by atoms with Crippen LogP contribution < -0.4 is 10.1 Å². The maximum absolute atomic E-state index is 12.3. The molecule has 8 nitrogen and oxygen atoms in total. The number of nitrogens with zero attached hydrogens (tertiary/aromatic N) is 2. The molecule has 3 aromatic carbocycles. The first-order valence-electron chi connectivity index (χ1n) is 10.3. The van der Waals surface area contributed by atoms with Crippen molar-refractivity contribution in [1.82, 2.24) is 9.97 Å². The predicted molar refractivity (Wildman–Crippen MR) is 128 cm³/mol. The van der Waals surface area contributed by atoms with Gasteiger partial charge in [0, 0.05) is 0 Å². The van der Waals surface area contributed by atoms with Gasteiger partial charge in [-0.15, -0.1) is 0 Å². The number of imidazole rings is 1. The zero-order valence-corrected chi connectivity index (χ0v) is 18.2. The molecule has 1 heterocycles. The number of esters is 1. The maximum Gasteiger partial charge on any atom is 0.339 e. The van der Waals surface area contributed by atoms with E-state index in [1.165, 1.54) is 7.11 Å². The number of nitrogens with one attached hydrogen (secondary N) is 2. The van der Waals surface area contributed by atoms with E-state index < -0.39 is 11.9 Å². The average molecular weight is 452 g/mol. The Morgan fingerprint density at radius 1 is 1.06 bits per heavy atom. The molecule has 4 rings (SSSR count). The maximum atomic E-state index is 12.3. The molecule has 0 saturated heterocycles. The van der Waals surface area contributed by atoms with Gasteiger partial charge in [-0.2, -0.15) is 5.26 Å². The van der Waals surface area contributed by atoms with E-state index in [0.717, 1.165) is 16.6 Å². The van der Waals surface area contributed by atoms with Crippen LogP contribution in [0.5, 0.6) is 5.75 Å². The van der Waals surface area contributed by atoms with Crippen LogP contribution in [0.4, 0.5) is 5.69 Å². The molecule has 0 bridgehead atoms. The molecule has 0 unspecified atom stereocenters. The Balaban J connectivity index is 1.40. The number of carbonyl (C=O) groups excluding carboxylic acids is 2. The van der Waals surface area contributed by atoms with Crippen molar-refractivity contribution in [3.8, 4) is 11.8 Å². The topological polar surface area (TPSA) is 117 Å². The zero-order valence-electron chi connectivity index (χ0n) is 18.2. The van der Waals surface area contributed by atoms with Gasteiger partial charge >= 0.3 is 5.97 Å². The largest absolute Gasteiger partial charge is 0.484 e. The normalized spacial score (nSPS) is 11.0. The molecular formula is C26H20N4O4. The second kappa shape index (κ2) is 10.1. The van der Waals surface area contributed by atoms with Crippen LogP contribution in [-0.4, -0.2) is 35.6 Å². The summed E-state index contributed by atoms with van der Waals surface area (Å²) in [7, 11) is 1.28. The van der Waals surface area contributed by atoms with E-state index in [-0.39, 0.29) is 12.2 Å². The molecule has 0 aliphatic carbocycles. The summed E-state index contributed by atoms with van der Waals surface area (Å²) in [5.41, 5.74) is 3.42. The second-order valence-corrected chi connectivity index (χ2v) is 7.22. The van der Waals surface area contributed by atoms with Crippen molar-refractivity contribution in [2.45, 2.75) is 0 Å². The molecule has 0 fully saturated rings. The van der Waals surface area contributed by atoms with Crippen molar-refractivity contribution in [1.29, 1.82) is 5.26 Å². The number of H-pyrrole nitrogens is 1. The Morgan fingerprint density at radius 3 is 2.53 bits per heavy atom. The molecule has 0 aliphatic heterocycles. The first-order valence-corrected chi connectivity index (χ1v) is 10.3. The van der Waals surface area contributed by atoms with E-state index in [9.17, 15) is 14.9 Å². The van der Waals surface area contributed by atoms with Crippen molar-refractivity contribution in [2.75, 3.05) is 19.0 Å². The highest BCUT2D eigenvalue weighted by Gasteiger charge is 2.13. The van der Waals surface area contributed by atoms with Crippen LogP contribution in [0, 0.1) is 11.3 Å². The number of carbonyl (C=O) groups is 2. The number of hydrogen-bond acceptors (Lipinski definition) is 6. The Morgan fingerprint density at radius 2 is 1.79 bits per heavy atom. The number of amides is 1. The minimum absolute atomic E-state index is 0.243. The number of ether oxygens (including phenoxy) is 2. The smallest absolute Gasteiger partial charge is 0.339 e. The molecule has 0 saturated carbocycles. The van der Waals surface area contributed by atoms with Gasteiger partial charge < -0.3 is 19.8 Å². The predicted octanol–water partition coefficient (Wildman–Crippen LogP) is 4.43. The van der Waals surface area contributed by atoms with Crippen LogP contribution in [0.2, 0.25) is 0 Å². The van der Waals surface area contributed by atoms with Gasteiger partial charge in [-0.1, -0.05) is 36.4 Å². The molecule has 0 aliphatic rings. The van der Waals surface area contributed by atoms with Crippen molar-refractivity contribution in [2.24, 2.45) is 0 Å². The number of allylic oxidation sites excluding steroid dienone is 1. The van der Waals surface area contributed by atoms with E-state index in [0.29, 0.717) is 22.8 Å². The lowest BCUT2D eigenvalue weighted by Gasteiger charge is -2.10. The van der Waals surface area contributed by atoms with Crippen LogP contribution in [0.15, 0.2) is 72.8 Å². The number of fused-ring (bicyclic) bond motifs is 1. The Hall–Kier alpha value is -4.90. The lowest BCUT2D eigenvalue weighted by atomic mass is 10.1. The molecule has 1 aromatic heterocycles. The number of aromatic amines is 1. The van der Waals surface area contributed by atoms with Crippen LogP contribution in [-0.2, 0) is 9.53 Å². The Kier molecular flexibility index (Phi) is 6.65. The van der Waals surface area contributed by atoms with Crippen molar-refractivity contribution < 1.29 is 19.1 Å². The summed E-state index contributed by atoms with van der Waals surface area (Å²) in [6, 6.07) is 23.3. The highest BCUT2D eigenvalue weighted by molar-refractivity contribution is 6.01. The third-order valence-corrected chi connectivity index (χ3v) is 4.93. The minimum Gasteiger partial charge on any atom is -0.484 e. The van der Waals surface area contributed by atoms with Crippen molar-refractivity contribution in [3.63, 3.8) is 0 Å². The number of rotatable bonds is 7. The Bertz CT molecular complexity index is 1380. The van der Waals surface area contributed by atoms with Crippen molar-refractivity contribution >= 4 is 40.2 Å². The summed E-state index contributed by atoms with van der Waals surface area (Å²) in [6.45, 7) is -0.243. The SMILES string of the molecule is COC(=O)c1ccccc1NC(=O)COc1ccc(/C=C(\C#N)c2nc3ccccc3[nH]2)cc1. The van der Waals surface area contributed by atoms with E-state index in [2.05, 4.69) is 21.4 Å². The lowest BCUT2D eigenvalue weighted by molar-refractivity contribution is -0.118. The molecule has 2 N–H and O–H groups in total. The monoisotopic (exact) mass is 452 g/mol. The first-order chi connectivity index (χ1) is 16.6. The van der Waals surface area contributed by atoms with Gasteiger partial charge in [-0.3, -0.25) is 4.79 Å². The summed E-state index contributed by atoms with van der Waals surface area (Å²) in [4.78, 5) is 31.7. The highest BCUT2D eigenvalue weighted by atomic mass is 16.5. The second-order valence-electron chi connectivity index (χ2n) is 7.22. The third kappa shape index (κ3) is 5.11. The van der Waals surface area contributed by atoms with Crippen LogP contribution in [0.25, 0.3) is 22.7 Å². The molecule has 0 atom stereocenters. The van der Waals surface area contributed by atoms with Gasteiger partial charge in [-0.05, 0) is 48.0 Å². The molecule has 34 heavy (non-hydrogen) atoms. The van der Waals surface area contributed by atoms with Gasteiger partial charge in [0.25, 0.3) is 5.91 Å². The van der Waals surface area contributed by atoms with Crippen molar-refractivity contribution in [3.05, 3.63) is 89.7 Å². The number of aromatic nitrogens is 2. The van der Waals surface area contributed by atoms with Crippen LogP contribution >= 0.6 is 0 Å². The van der Waals surface area contributed by atoms with Crippen LogP contribution in [0.1, 0.15) is 21.7 Å². The number of nitriles is 1. The number of anilines is 1. The summed E-state index contributed by atoms with van der Waals surface area (Å²) >= 11 is 0. The summed E-state index contributed by atoms with van der Waals surface area (Å²) in [5.74, 6) is 0.0144. The zero-order chi connectivity index (χ0) is 23.9. The van der Waals surface area contributed by atoms with Gasteiger partial charge in [0.15, 0.2) is 6.61 Å². The number of para-hydroxylation sites is 3. The number of methoxy groups -OCH3 is 1. The van der Waals surface area contributed by atoms with E-state index in [1.807, 2.05) is 24.3 Å². The van der Waals surface area contributed by atoms with E-state index in [1.54, 1.807) is 54.6 Å². The molecule has 4 aromatic rings. The van der Waals surface area contributed by atoms with Gasteiger partial charge in [0.1, 0.15) is 17.6 Å². The van der Waals surface area contributed by atoms with Gasteiger partial charge in [0.2, 0.25) is 0 Å². The van der Waals surface area contributed by atoms with E-state index in [4.69, 9.17) is 9.47 Å². The summed E-state index contributed by atoms with van der Waals surface area (Å²) in [5, 5.41) is 12.2. The molecule has 0 spiro atoms. The highest BCUT2D eigenvalue weighted by Crippen LogP contribution is 2.21. The van der Waals surface area contributed by atoms with Gasteiger partial charge in [0.05, 0.1) is 35.0 Å². The third-order valence-electron chi connectivity index (χ3n) is 4.93. The molecule has 0 radical (unpaired) electrons. The standard InChI is InChI=1S/C26H20N4O4/c1-33-26(32)20-6-2-3-7-21(20)28-24(31)16-34-19-12-10-17(11-13-19)14-18(15-27)25-29-22-8-4-5-9-23(22)30-25/h2-14H,16H2,1H3,(H,28,31)(H,29,30)/b18-14+. The summed E-state index contributed by atoms with van der Waals surface area (Å²) in [6.07, 6.45) is 1.72. The molecular weight excluding hydrogens is 432 g/mol. The summed E-state index contributed by atoms with van der Waals surface area (Å²) < 4.78 is 10.3. The van der Waals surface area contributed by atoms with E-state index >= 15 is 0 Å².